The molecule has 18 heavy (non-hydrogen) atoms. The first-order valence-electron chi connectivity index (χ1n) is 6.12. The van der Waals surface area contributed by atoms with Gasteiger partial charge >= 0.3 is 0 Å². The number of nitrogens with one attached hydrogen (secondary N) is 1. The molecule has 1 aromatic heterocycles. The Kier molecular flexibility index (Phi) is 3.99. The molecule has 0 atom stereocenters. The number of imidazole rings is 1. The minimum atomic E-state index is 0.623. The first-order chi connectivity index (χ1) is 8.74. The maximum Gasteiger partial charge on any atom is 0.207 e. The summed E-state index contributed by atoms with van der Waals surface area (Å²) in [6, 6.07) is 8.28. The van der Waals surface area contributed by atoms with Crippen LogP contribution >= 0.6 is 0 Å². The average Bonchev–Trinajstić information content (AvgIpc) is 2.72. The molecule has 4 heteroatoms. The summed E-state index contributed by atoms with van der Waals surface area (Å²) in [5.74, 6) is 0.879. The van der Waals surface area contributed by atoms with Gasteiger partial charge in [0.1, 0.15) is 0 Å². The molecule has 0 amide bonds. The summed E-state index contributed by atoms with van der Waals surface area (Å²) < 4.78 is 7.23. The molecule has 0 aliphatic carbocycles. The van der Waals surface area contributed by atoms with Gasteiger partial charge in [-0.05, 0) is 31.5 Å². The number of benzene rings is 1. The first-order valence-corrected chi connectivity index (χ1v) is 6.12. The molecule has 96 valence electrons. The number of ether oxygens (including phenoxy) is 1. The number of aryl methyl sites for hydroxylation is 1. The Bertz CT molecular complexity index is 520. The molecule has 2 aromatic rings. The van der Waals surface area contributed by atoms with Gasteiger partial charge in [-0.1, -0.05) is 12.1 Å². The Morgan fingerprint density at radius 1 is 1.39 bits per heavy atom. The molecule has 0 radical (unpaired) electrons. The standard InChI is InChI=1S/C14H19N3O/c1-4-15-14-16-11(2)9-17(14)13-7-5-6-12(8-13)10-18-3/h5-9H,4,10H2,1-3H3,(H,15,16). The van der Waals surface area contributed by atoms with E-state index in [4.69, 9.17) is 4.74 Å². The third kappa shape index (κ3) is 2.71. The van der Waals surface area contributed by atoms with Crippen LogP contribution in [0.1, 0.15) is 18.2 Å². The maximum atomic E-state index is 5.16. The highest BCUT2D eigenvalue weighted by Gasteiger charge is 2.06. The summed E-state index contributed by atoms with van der Waals surface area (Å²) in [7, 11) is 1.71. The zero-order valence-electron chi connectivity index (χ0n) is 11.1. The Balaban J connectivity index is 2.37. The van der Waals surface area contributed by atoms with Crippen molar-refractivity contribution in [2.75, 3.05) is 19.0 Å². The number of hydrogen-bond donors (Lipinski definition) is 1. The number of hydrogen-bond acceptors (Lipinski definition) is 3. The molecule has 0 unspecified atom stereocenters. The Morgan fingerprint density at radius 2 is 2.22 bits per heavy atom. The van der Waals surface area contributed by atoms with E-state index in [1.807, 2.05) is 19.2 Å². The highest BCUT2D eigenvalue weighted by molar-refractivity contribution is 5.44. The fourth-order valence-corrected chi connectivity index (χ4v) is 1.94. The molecule has 0 saturated heterocycles. The van der Waals surface area contributed by atoms with Crippen LogP contribution in [0.15, 0.2) is 30.5 Å². The fourth-order valence-electron chi connectivity index (χ4n) is 1.94. The van der Waals surface area contributed by atoms with E-state index in [2.05, 4.69) is 40.0 Å². The Hall–Kier alpha value is -1.81. The number of aromatic nitrogens is 2. The van der Waals surface area contributed by atoms with Gasteiger partial charge in [-0.2, -0.15) is 0 Å². The first kappa shape index (κ1) is 12.6. The second-order valence-corrected chi connectivity index (χ2v) is 4.21. The second kappa shape index (κ2) is 5.69. The van der Waals surface area contributed by atoms with Crippen LogP contribution in [0.2, 0.25) is 0 Å². The molecular weight excluding hydrogens is 226 g/mol. The lowest BCUT2D eigenvalue weighted by Gasteiger charge is -2.09. The summed E-state index contributed by atoms with van der Waals surface area (Å²) in [5.41, 5.74) is 3.26. The molecular formula is C14H19N3O. The van der Waals surface area contributed by atoms with Crippen LogP contribution in [0, 0.1) is 6.92 Å². The van der Waals surface area contributed by atoms with Crippen molar-refractivity contribution in [2.45, 2.75) is 20.5 Å². The third-order valence-electron chi connectivity index (χ3n) is 2.66. The van der Waals surface area contributed by atoms with Gasteiger partial charge < -0.3 is 10.1 Å². The van der Waals surface area contributed by atoms with Gasteiger partial charge in [0.25, 0.3) is 0 Å². The van der Waals surface area contributed by atoms with Crippen LogP contribution in [-0.2, 0) is 11.3 Å². The highest BCUT2D eigenvalue weighted by atomic mass is 16.5. The maximum absolute atomic E-state index is 5.16. The minimum Gasteiger partial charge on any atom is -0.380 e. The molecule has 0 bridgehead atoms. The summed E-state index contributed by atoms with van der Waals surface area (Å²) in [6.45, 7) is 5.54. The van der Waals surface area contributed by atoms with E-state index >= 15 is 0 Å². The van der Waals surface area contributed by atoms with Gasteiger partial charge in [-0.3, -0.25) is 4.57 Å². The lowest BCUT2D eigenvalue weighted by Crippen LogP contribution is -2.05. The van der Waals surface area contributed by atoms with Crippen molar-refractivity contribution in [2.24, 2.45) is 0 Å². The second-order valence-electron chi connectivity index (χ2n) is 4.21. The van der Waals surface area contributed by atoms with Crippen LogP contribution in [0.25, 0.3) is 5.69 Å². The zero-order chi connectivity index (χ0) is 13.0. The smallest absolute Gasteiger partial charge is 0.207 e. The average molecular weight is 245 g/mol. The van der Waals surface area contributed by atoms with Crippen LogP contribution in [0.4, 0.5) is 5.95 Å². The fraction of sp³-hybridized carbons (Fsp3) is 0.357. The molecule has 0 aliphatic heterocycles. The van der Waals surface area contributed by atoms with Crippen molar-refractivity contribution in [1.29, 1.82) is 0 Å². The molecule has 0 aliphatic rings. The Labute approximate surface area is 108 Å². The van der Waals surface area contributed by atoms with Crippen LogP contribution in [-0.4, -0.2) is 23.2 Å². The number of rotatable bonds is 5. The summed E-state index contributed by atoms with van der Waals surface area (Å²) in [4.78, 5) is 4.47. The minimum absolute atomic E-state index is 0.623. The predicted molar refractivity (Wildman–Crippen MR) is 73.2 cm³/mol. The van der Waals surface area contributed by atoms with E-state index in [9.17, 15) is 0 Å². The van der Waals surface area contributed by atoms with Gasteiger partial charge in [0.15, 0.2) is 0 Å². The van der Waals surface area contributed by atoms with E-state index in [1.165, 1.54) is 0 Å². The molecule has 0 saturated carbocycles. The van der Waals surface area contributed by atoms with Crippen molar-refractivity contribution in [3.05, 3.63) is 41.7 Å². The molecule has 1 aromatic carbocycles. The molecule has 4 nitrogen and oxygen atoms in total. The number of anilines is 1. The van der Waals surface area contributed by atoms with Crippen molar-refractivity contribution < 1.29 is 4.74 Å². The summed E-state index contributed by atoms with van der Waals surface area (Å²) in [5, 5.41) is 3.27. The Morgan fingerprint density at radius 3 is 2.94 bits per heavy atom. The lowest BCUT2D eigenvalue weighted by atomic mass is 10.2. The summed E-state index contributed by atoms with van der Waals surface area (Å²) >= 11 is 0. The summed E-state index contributed by atoms with van der Waals surface area (Å²) in [6.07, 6.45) is 2.03. The molecule has 0 spiro atoms. The number of nitrogens with zero attached hydrogens (tertiary/aromatic N) is 2. The largest absolute Gasteiger partial charge is 0.380 e. The predicted octanol–water partition coefficient (Wildman–Crippen LogP) is 2.76. The normalized spacial score (nSPS) is 10.6. The molecule has 2 rings (SSSR count). The molecule has 0 fully saturated rings. The third-order valence-corrected chi connectivity index (χ3v) is 2.66. The van der Waals surface area contributed by atoms with Gasteiger partial charge in [-0.15, -0.1) is 0 Å². The molecule has 1 heterocycles. The lowest BCUT2D eigenvalue weighted by molar-refractivity contribution is 0.185. The van der Waals surface area contributed by atoms with Crippen molar-refractivity contribution in [3.63, 3.8) is 0 Å². The van der Waals surface area contributed by atoms with E-state index in [0.717, 1.165) is 29.4 Å². The van der Waals surface area contributed by atoms with Crippen molar-refractivity contribution in [1.82, 2.24) is 9.55 Å². The van der Waals surface area contributed by atoms with Crippen LogP contribution < -0.4 is 5.32 Å². The van der Waals surface area contributed by atoms with Crippen LogP contribution in [0.3, 0.4) is 0 Å². The SMILES string of the molecule is CCNc1nc(C)cn1-c1cccc(COC)c1. The van der Waals surface area contributed by atoms with E-state index in [-0.39, 0.29) is 0 Å². The van der Waals surface area contributed by atoms with Gasteiger partial charge in [0, 0.05) is 25.5 Å². The highest BCUT2D eigenvalue weighted by Crippen LogP contribution is 2.18. The van der Waals surface area contributed by atoms with Gasteiger partial charge in [-0.25, -0.2) is 4.98 Å². The van der Waals surface area contributed by atoms with E-state index in [1.54, 1.807) is 7.11 Å². The van der Waals surface area contributed by atoms with Crippen molar-refractivity contribution in [3.8, 4) is 5.69 Å². The van der Waals surface area contributed by atoms with E-state index < -0.39 is 0 Å². The zero-order valence-corrected chi connectivity index (χ0v) is 11.1. The van der Waals surface area contributed by atoms with Crippen molar-refractivity contribution >= 4 is 5.95 Å². The molecule has 1 N–H and O–H groups in total. The van der Waals surface area contributed by atoms with Gasteiger partial charge in [0.2, 0.25) is 5.95 Å². The van der Waals surface area contributed by atoms with Gasteiger partial charge in [0.05, 0.1) is 12.3 Å². The monoisotopic (exact) mass is 245 g/mol. The topological polar surface area (TPSA) is 39.1 Å². The quantitative estimate of drug-likeness (QED) is 0.880. The number of methoxy groups -OCH3 is 1. The van der Waals surface area contributed by atoms with E-state index in [0.29, 0.717) is 6.61 Å². The van der Waals surface area contributed by atoms with Crippen LogP contribution in [0.5, 0.6) is 0 Å².